The number of hydrogen-bond donors (Lipinski definition) is 3. The van der Waals surface area contributed by atoms with Crippen LogP contribution in [-0.2, 0) is 6.61 Å². The van der Waals surface area contributed by atoms with Gasteiger partial charge in [0.2, 0.25) is 0 Å². The highest BCUT2D eigenvalue weighted by molar-refractivity contribution is 5.45. The van der Waals surface area contributed by atoms with Gasteiger partial charge in [-0.1, -0.05) is 12.1 Å². The first-order valence-electron chi connectivity index (χ1n) is 4.55. The van der Waals surface area contributed by atoms with Gasteiger partial charge in [-0.3, -0.25) is 0 Å². The van der Waals surface area contributed by atoms with E-state index in [4.69, 9.17) is 5.11 Å². The Morgan fingerprint density at radius 2 is 2.00 bits per heavy atom. The molecule has 1 fully saturated rings. The third-order valence-electron chi connectivity index (χ3n) is 2.29. The molecule has 0 aliphatic carbocycles. The van der Waals surface area contributed by atoms with Crippen molar-refractivity contribution in [3.8, 4) is 0 Å². The highest BCUT2D eigenvalue weighted by atomic mass is 16.3. The van der Waals surface area contributed by atoms with Gasteiger partial charge in [0.25, 0.3) is 0 Å². The summed E-state index contributed by atoms with van der Waals surface area (Å²) in [5.74, 6) is 0. The summed E-state index contributed by atoms with van der Waals surface area (Å²) >= 11 is 0. The molecule has 0 atom stereocenters. The van der Waals surface area contributed by atoms with Crippen LogP contribution in [0.3, 0.4) is 0 Å². The second-order valence-corrected chi connectivity index (χ2v) is 3.35. The monoisotopic (exact) mass is 178 g/mol. The molecular weight excluding hydrogens is 164 g/mol. The van der Waals surface area contributed by atoms with E-state index >= 15 is 0 Å². The maximum atomic E-state index is 8.84. The van der Waals surface area contributed by atoms with Gasteiger partial charge in [-0.2, -0.15) is 0 Å². The number of aliphatic hydroxyl groups is 1. The average Bonchev–Trinajstić information content (AvgIpc) is 2.12. The molecule has 1 aliphatic heterocycles. The summed E-state index contributed by atoms with van der Waals surface area (Å²) in [6.07, 6.45) is 0. The van der Waals surface area contributed by atoms with Crippen molar-refractivity contribution in [1.82, 2.24) is 5.32 Å². The Morgan fingerprint density at radius 3 is 2.46 bits per heavy atom. The van der Waals surface area contributed by atoms with Crippen LogP contribution in [0.1, 0.15) is 5.56 Å². The Bertz CT molecular complexity index is 267. The fraction of sp³-hybridized carbons (Fsp3) is 0.400. The number of benzene rings is 1. The van der Waals surface area contributed by atoms with E-state index in [0.717, 1.165) is 24.3 Å². The van der Waals surface area contributed by atoms with E-state index in [1.807, 2.05) is 24.3 Å². The van der Waals surface area contributed by atoms with Gasteiger partial charge in [0.05, 0.1) is 12.6 Å². The number of hydrogen-bond acceptors (Lipinski definition) is 3. The topological polar surface area (TPSA) is 44.3 Å². The minimum Gasteiger partial charge on any atom is -0.392 e. The van der Waals surface area contributed by atoms with Crippen LogP contribution in [-0.4, -0.2) is 24.2 Å². The molecular formula is C10H14N2O. The molecule has 0 unspecified atom stereocenters. The molecule has 3 heteroatoms. The largest absolute Gasteiger partial charge is 0.392 e. The second kappa shape index (κ2) is 3.77. The summed E-state index contributed by atoms with van der Waals surface area (Å²) in [4.78, 5) is 0. The van der Waals surface area contributed by atoms with Gasteiger partial charge in [0, 0.05) is 18.8 Å². The van der Waals surface area contributed by atoms with E-state index in [0.29, 0.717) is 6.04 Å². The first-order valence-corrected chi connectivity index (χ1v) is 4.55. The van der Waals surface area contributed by atoms with E-state index in [1.165, 1.54) is 0 Å². The minimum atomic E-state index is 0.116. The second-order valence-electron chi connectivity index (χ2n) is 3.35. The number of nitrogens with one attached hydrogen (secondary N) is 2. The summed E-state index contributed by atoms with van der Waals surface area (Å²) in [6.45, 7) is 2.20. The van der Waals surface area contributed by atoms with Crippen LogP contribution in [0.4, 0.5) is 5.69 Å². The third kappa shape index (κ3) is 1.99. The lowest BCUT2D eigenvalue weighted by Crippen LogP contribution is -2.51. The first kappa shape index (κ1) is 8.53. The minimum absolute atomic E-state index is 0.116. The van der Waals surface area contributed by atoms with Crippen molar-refractivity contribution in [2.75, 3.05) is 18.4 Å². The Labute approximate surface area is 77.8 Å². The Kier molecular flexibility index (Phi) is 2.47. The molecule has 0 amide bonds. The van der Waals surface area contributed by atoms with Crippen LogP contribution in [0.5, 0.6) is 0 Å². The smallest absolute Gasteiger partial charge is 0.0681 e. The summed E-state index contributed by atoms with van der Waals surface area (Å²) in [6, 6.07) is 8.45. The van der Waals surface area contributed by atoms with Crippen molar-refractivity contribution < 1.29 is 5.11 Å². The normalized spacial score (nSPS) is 16.7. The maximum Gasteiger partial charge on any atom is 0.0681 e. The van der Waals surface area contributed by atoms with Crippen LogP contribution in [0.25, 0.3) is 0 Å². The van der Waals surface area contributed by atoms with Gasteiger partial charge in [-0.05, 0) is 17.7 Å². The molecule has 1 saturated heterocycles. The lowest BCUT2D eigenvalue weighted by molar-refractivity contribution is 0.282. The highest BCUT2D eigenvalue weighted by Gasteiger charge is 2.15. The lowest BCUT2D eigenvalue weighted by atomic mass is 10.1. The van der Waals surface area contributed by atoms with Gasteiger partial charge < -0.3 is 15.7 Å². The van der Waals surface area contributed by atoms with Crippen LogP contribution < -0.4 is 10.6 Å². The fourth-order valence-corrected chi connectivity index (χ4v) is 1.33. The van der Waals surface area contributed by atoms with E-state index in [1.54, 1.807) is 0 Å². The fourth-order valence-electron chi connectivity index (χ4n) is 1.33. The Morgan fingerprint density at radius 1 is 1.31 bits per heavy atom. The quantitative estimate of drug-likeness (QED) is 0.633. The highest BCUT2D eigenvalue weighted by Crippen LogP contribution is 2.11. The average molecular weight is 178 g/mol. The Balaban J connectivity index is 1.96. The molecule has 0 saturated carbocycles. The molecule has 3 nitrogen and oxygen atoms in total. The number of aliphatic hydroxyl groups excluding tert-OH is 1. The van der Waals surface area contributed by atoms with Crippen LogP contribution in [0.2, 0.25) is 0 Å². The van der Waals surface area contributed by atoms with Gasteiger partial charge in [-0.25, -0.2) is 0 Å². The zero-order chi connectivity index (χ0) is 9.10. The number of rotatable bonds is 3. The molecule has 2 rings (SSSR count). The summed E-state index contributed by atoms with van der Waals surface area (Å²) in [5, 5.41) is 15.4. The third-order valence-corrected chi connectivity index (χ3v) is 2.29. The van der Waals surface area contributed by atoms with E-state index in [9.17, 15) is 0 Å². The van der Waals surface area contributed by atoms with Gasteiger partial charge in [0.15, 0.2) is 0 Å². The molecule has 0 aromatic heterocycles. The first-order chi connectivity index (χ1) is 6.38. The van der Waals surface area contributed by atoms with Crippen LogP contribution in [0, 0.1) is 0 Å². The molecule has 13 heavy (non-hydrogen) atoms. The van der Waals surface area contributed by atoms with Crippen LogP contribution >= 0.6 is 0 Å². The summed E-state index contributed by atoms with van der Waals surface area (Å²) in [5.41, 5.74) is 2.08. The zero-order valence-electron chi connectivity index (χ0n) is 7.46. The standard InChI is InChI=1S/C10H14N2O/c13-7-8-1-3-9(4-2-8)12-10-5-11-6-10/h1-4,10-13H,5-7H2. The van der Waals surface area contributed by atoms with Crippen molar-refractivity contribution in [2.45, 2.75) is 12.6 Å². The number of anilines is 1. The predicted octanol–water partition coefficient (Wildman–Crippen LogP) is 0.563. The molecule has 1 aliphatic rings. The molecule has 1 aromatic carbocycles. The van der Waals surface area contributed by atoms with Gasteiger partial charge in [0.1, 0.15) is 0 Å². The molecule has 0 spiro atoms. The van der Waals surface area contributed by atoms with Crippen molar-refractivity contribution in [2.24, 2.45) is 0 Å². The van der Waals surface area contributed by atoms with Crippen molar-refractivity contribution in [3.05, 3.63) is 29.8 Å². The Hall–Kier alpha value is -1.06. The van der Waals surface area contributed by atoms with Crippen molar-refractivity contribution in [1.29, 1.82) is 0 Å². The molecule has 3 N–H and O–H groups in total. The molecule has 0 radical (unpaired) electrons. The summed E-state index contributed by atoms with van der Waals surface area (Å²) < 4.78 is 0. The summed E-state index contributed by atoms with van der Waals surface area (Å²) in [7, 11) is 0. The molecule has 1 heterocycles. The van der Waals surface area contributed by atoms with E-state index in [2.05, 4.69) is 10.6 Å². The maximum absolute atomic E-state index is 8.84. The molecule has 1 aromatic rings. The lowest BCUT2D eigenvalue weighted by Gasteiger charge is -2.28. The van der Waals surface area contributed by atoms with E-state index in [-0.39, 0.29) is 6.61 Å². The van der Waals surface area contributed by atoms with E-state index < -0.39 is 0 Å². The molecule has 70 valence electrons. The van der Waals surface area contributed by atoms with Crippen LogP contribution in [0.15, 0.2) is 24.3 Å². The van der Waals surface area contributed by atoms with Gasteiger partial charge >= 0.3 is 0 Å². The zero-order valence-corrected chi connectivity index (χ0v) is 7.46. The predicted molar refractivity (Wildman–Crippen MR) is 52.6 cm³/mol. The SMILES string of the molecule is OCc1ccc(NC2CNC2)cc1. The van der Waals surface area contributed by atoms with Gasteiger partial charge in [-0.15, -0.1) is 0 Å². The van der Waals surface area contributed by atoms with Crippen molar-refractivity contribution >= 4 is 5.69 Å². The van der Waals surface area contributed by atoms with Crippen molar-refractivity contribution in [3.63, 3.8) is 0 Å². The molecule has 0 bridgehead atoms.